The Morgan fingerprint density at radius 2 is 2.00 bits per heavy atom. The van der Waals surface area contributed by atoms with Crippen molar-refractivity contribution in [2.75, 3.05) is 12.4 Å². The van der Waals surface area contributed by atoms with Gasteiger partial charge in [0.05, 0.1) is 25.6 Å². The molecule has 1 aromatic heterocycles. The van der Waals surface area contributed by atoms with Crippen LogP contribution in [0.4, 0.5) is 10.1 Å². The first-order valence-corrected chi connectivity index (χ1v) is 7.50. The summed E-state index contributed by atoms with van der Waals surface area (Å²) in [4.78, 5) is 0. The number of methoxy groups -OCH3 is 1. The largest absolute Gasteiger partial charge is 0.496 e. The summed E-state index contributed by atoms with van der Waals surface area (Å²) >= 11 is 0. The minimum Gasteiger partial charge on any atom is -0.496 e. The fourth-order valence-corrected chi connectivity index (χ4v) is 2.40. The van der Waals surface area contributed by atoms with Crippen molar-refractivity contribution in [3.8, 4) is 11.4 Å². The van der Waals surface area contributed by atoms with E-state index in [4.69, 9.17) is 4.74 Å². The van der Waals surface area contributed by atoms with E-state index in [1.54, 1.807) is 30.1 Å². The van der Waals surface area contributed by atoms with Crippen LogP contribution >= 0.6 is 0 Å². The van der Waals surface area contributed by atoms with Gasteiger partial charge in [-0.1, -0.05) is 0 Å². The minimum atomic E-state index is -0.271. The quantitative estimate of drug-likeness (QED) is 0.730. The van der Waals surface area contributed by atoms with Gasteiger partial charge in [-0.2, -0.15) is 5.10 Å². The number of aliphatic hydroxyl groups excluding tert-OH is 1. The molecular weight excluding hydrogens is 309 g/mol. The van der Waals surface area contributed by atoms with E-state index < -0.39 is 0 Å². The van der Waals surface area contributed by atoms with E-state index in [1.807, 2.05) is 24.4 Å². The molecule has 0 bridgehead atoms. The summed E-state index contributed by atoms with van der Waals surface area (Å²) in [7, 11) is 1.57. The zero-order valence-electron chi connectivity index (χ0n) is 13.2. The molecular formula is C18H18FN3O2. The molecule has 2 N–H and O–H groups in total. The van der Waals surface area contributed by atoms with Gasteiger partial charge in [0, 0.05) is 29.6 Å². The van der Waals surface area contributed by atoms with Crippen molar-refractivity contribution in [2.45, 2.75) is 13.2 Å². The van der Waals surface area contributed by atoms with Crippen LogP contribution in [0.3, 0.4) is 0 Å². The predicted molar refractivity (Wildman–Crippen MR) is 89.8 cm³/mol. The van der Waals surface area contributed by atoms with Crippen molar-refractivity contribution in [1.29, 1.82) is 0 Å². The van der Waals surface area contributed by atoms with E-state index in [0.717, 1.165) is 22.5 Å². The van der Waals surface area contributed by atoms with Crippen molar-refractivity contribution in [2.24, 2.45) is 0 Å². The van der Waals surface area contributed by atoms with E-state index in [-0.39, 0.29) is 12.4 Å². The molecule has 5 nitrogen and oxygen atoms in total. The fourth-order valence-electron chi connectivity index (χ4n) is 2.40. The molecule has 0 atom stereocenters. The van der Waals surface area contributed by atoms with Gasteiger partial charge >= 0.3 is 0 Å². The predicted octanol–water partition coefficient (Wildman–Crippen LogP) is 3.12. The van der Waals surface area contributed by atoms with Gasteiger partial charge in [-0.15, -0.1) is 0 Å². The zero-order valence-corrected chi connectivity index (χ0v) is 13.2. The van der Waals surface area contributed by atoms with Crippen LogP contribution in [0.2, 0.25) is 0 Å². The van der Waals surface area contributed by atoms with Crippen molar-refractivity contribution < 1.29 is 14.2 Å². The second-order valence-corrected chi connectivity index (χ2v) is 5.31. The Kier molecular flexibility index (Phi) is 4.77. The van der Waals surface area contributed by atoms with Gasteiger partial charge in [0.1, 0.15) is 11.6 Å². The standard InChI is InChI=1S/C18H18FN3O2/c1-24-18-7-4-16(8-14(18)12-23)20-9-13-10-21-22(11-13)17-5-2-15(19)3-6-17/h2-8,10-11,20,23H,9,12H2,1H3. The lowest BCUT2D eigenvalue weighted by Gasteiger charge is -2.10. The number of halogens is 1. The summed E-state index contributed by atoms with van der Waals surface area (Å²) < 4.78 is 19.9. The molecule has 0 aliphatic rings. The molecule has 0 unspecified atom stereocenters. The molecule has 0 radical (unpaired) electrons. The van der Waals surface area contributed by atoms with Gasteiger partial charge in [-0.3, -0.25) is 0 Å². The first kappa shape index (κ1) is 16.0. The molecule has 2 aromatic carbocycles. The topological polar surface area (TPSA) is 59.3 Å². The number of nitrogens with one attached hydrogen (secondary N) is 1. The van der Waals surface area contributed by atoms with Crippen LogP contribution < -0.4 is 10.1 Å². The van der Waals surface area contributed by atoms with Crippen LogP contribution in [0.15, 0.2) is 54.9 Å². The molecule has 0 fully saturated rings. The monoisotopic (exact) mass is 327 g/mol. The van der Waals surface area contributed by atoms with Crippen LogP contribution in [0.1, 0.15) is 11.1 Å². The highest BCUT2D eigenvalue weighted by Crippen LogP contribution is 2.23. The third-order valence-electron chi connectivity index (χ3n) is 3.67. The fraction of sp³-hybridized carbons (Fsp3) is 0.167. The number of rotatable bonds is 6. The van der Waals surface area contributed by atoms with Crippen LogP contribution in [-0.4, -0.2) is 22.0 Å². The Morgan fingerprint density at radius 3 is 2.71 bits per heavy atom. The molecule has 0 saturated heterocycles. The second-order valence-electron chi connectivity index (χ2n) is 5.31. The third-order valence-corrected chi connectivity index (χ3v) is 3.67. The van der Waals surface area contributed by atoms with Gasteiger partial charge in [0.2, 0.25) is 0 Å². The first-order valence-electron chi connectivity index (χ1n) is 7.50. The molecule has 3 rings (SSSR count). The molecule has 3 aromatic rings. The number of benzene rings is 2. The zero-order chi connectivity index (χ0) is 16.9. The highest BCUT2D eigenvalue weighted by atomic mass is 19.1. The summed E-state index contributed by atoms with van der Waals surface area (Å²) in [5, 5.41) is 16.9. The SMILES string of the molecule is COc1ccc(NCc2cnn(-c3ccc(F)cc3)c2)cc1CO. The second kappa shape index (κ2) is 7.14. The van der Waals surface area contributed by atoms with E-state index in [1.165, 1.54) is 12.1 Å². The summed E-state index contributed by atoms with van der Waals surface area (Å²) in [6, 6.07) is 11.7. The van der Waals surface area contributed by atoms with Crippen LogP contribution in [-0.2, 0) is 13.2 Å². The van der Waals surface area contributed by atoms with Crippen LogP contribution in [0, 0.1) is 5.82 Å². The maximum atomic E-state index is 13.0. The first-order chi connectivity index (χ1) is 11.7. The smallest absolute Gasteiger partial charge is 0.124 e. The average Bonchev–Trinajstić information content (AvgIpc) is 3.09. The van der Waals surface area contributed by atoms with Crippen molar-refractivity contribution in [3.05, 3.63) is 71.8 Å². The summed E-state index contributed by atoms with van der Waals surface area (Å²) in [5.41, 5.74) is 3.40. The van der Waals surface area contributed by atoms with Crippen LogP contribution in [0.5, 0.6) is 5.75 Å². The molecule has 0 aliphatic carbocycles. The van der Waals surface area contributed by atoms with E-state index >= 15 is 0 Å². The molecule has 124 valence electrons. The lowest BCUT2D eigenvalue weighted by atomic mass is 10.2. The van der Waals surface area contributed by atoms with E-state index in [2.05, 4.69) is 10.4 Å². The minimum absolute atomic E-state index is 0.0822. The number of hydrogen-bond acceptors (Lipinski definition) is 4. The van der Waals surface area contributed by atoms with Crippen molar-refractivity contribution in [1.82, 2.24) is 9.78 Å². The third kappa shape index (κ3) is 3.55. The lowest BCUT2D eigenvalue weighted by molar-refractivity contribution is 0.274. The number of aromatic nitrogens is 2. The number of anilines is 1. The Morgan fingerprint density at radius 1 is 1.21 bits per heavy atom. The highest BCUT2D eigenvalue weighted by molar-refractivity contribution is 5.51. The molecule has 24 heavy (non-hydrogen) atoms. The van der Waals surface area contributed by atoms with Gasteiger partial charge in [-0.05, 0) is 42.5 Å². The van der Waals surface area contributed by atoms with Crippen LogP contribution in [0.25, 0.3) is 5.69 Å². The van der Waals surface area contributed by atoms with Gasteiger partial charge in [0.25, 0.3) is 0 Å². The van der Waals surface area contributed by atoms with Gasteiger partial charge in [0.15, 0.2) is 0 Å². The molecule has 6 heteroatoms. The highest BCUT2D eigenvalue weighted by Gasteiger charge is 2.05. The van der Waals surface area contributed by atoms with E-state index in [0.29, 0.717) is 12.3 Å². The average molecular weight is 327 g/mol. The summed E-state index contributed by atoms with van der Waals surface area (Å²) in [6.45, 7) is 0.500. The Labute approximate surface area is 139 Å². The number of hydrogen-bond donors (Lipinski definition) is 2. The Balaban J connectivity index is 1.68. The molecule has 0 spiro atoms. The van der Waals surface area contributed by atoms with Gasteiger partial charge in [-0.25, -0.2) is 9.07 Å². The molecule has 1 heterocycles. The lowest BCUT2D eigenvalue weighted by Crippen LogP contribution is -2.00. The maximum Gasteiger partial charge on any atom is 0.124 e. The van der Waals surface area contributed by atoms with Crippen molar-refractivity contribution >= 4 is 5.69 Å². The Bertz CT molecular complexity index is 815. The maximum absolute atomic E-state index is 13.0. The van der Waals surface area contributed by atoms with Crippen molar-refractivity contribution in [3.63, 3.8) is 0 Å². The molecule has 0 aliphatic heterocycles. The molecule has 0 saturated carbocycles. The summed E-state index contributed by atoms with van der Waals surface area (Å²) in [5.74, 6) is 0.388. The number of aliphatic hydroxyl groups is 1. The summed E-state index contributed by atoms with van der Waals surface area (Å²) in [6.07, 6.45) is 3.64. The Hall–Kier alpha value is -2.86. The van der Waals surface area contributed by atoms with E-state index in [9.17, 15) is 9.50 Å². The number of nitrogens with zero attached hydrogens (tertiary/aromatic N) is 2. The molecule has 0 amide bonds. The normalized spacial score (nSPS) is 10.6. The van der Waals surface area contributed by atoms with Gasteiger partial charge < -0.3 is 15.2 Å². The number of ether oxygens (including phenoxy) is 1.